The summed E-state index contributed by atoms with van der Waals surface area (Å²) < 4.78 is 9.75. The molecule has 0 spiro atoms. The van der Waals surface area contributed by atoms with Crippen molar-refractivity contribution in [2.45, 2.75) is 13.8 Å². The van der Waals surface area contributed by atoms with Crippen LogP contribution in [-0.2, 0) is 19.1 Å². The van der Waals surface area contributed by atoms with Crippen LogP contribution in [0.2, 0.25) is 0 Å². The molecule has 0 amide bonds. The molecule has 0 unspecified atom stereocenters. The summed E-state index contributed by atoms with van der Waals surface area (Å²) in [4.78, 5) is 23.3. The van der Waals surface area contributed by atoms with E-state index in [0.717, 1.165) is 11.1 Å². The summed E-state index contributed by atoms with van der Waals surface area (Å²) in [6.07, 6.45) is 1.56. The second-order valence-electron chi connectivity index (χ2n) is 4.10. The minimum absolute atomic E-state index is 0.0467. The molecule has 0 aromatic heterocycles. The lowest BCUT2D eigenvalue weighted by Crippen LogP contribution is -2.16. The number of ether oxygens (including phenoxy) is 2. The first kappa shape index (κ1) is 15.1. The summed E-state index contributed by atoms with van der Waals surface area (Å²) in [5.41, 5.74) is 1.87. The quantitative estimate of drug-likeness (QED) is 0.259. The number of hydrogen-bond donors (Lipinski definition) is 0. The predicted molar refractivity (Wildman–Crippen MR) is 72.7 cm³/mol. The molecular weight excluding hydrogens is 244 g/mol. The maximum Gasteiger partial charge on any atom is 0.341 e. The molecule has 0 aliphatic rings. The van der Waals surface area contributed by atoms with Crippen molar-refractivity contribution in [2.24, 2.45) is 0 Å². The van der Waals surface area contributed by atoms with E-state index in [4.69, 9.17) is 9.47 Å². The Morgan fingerprint density at radius 3 is 2.47 bits per heavy atom. The SMILES string of the molecule is COCCOC(=O)C(=Cc1ccccc1C)C(C)=O. The summed E-state index contributed by atoms with van der Waals surface area (Å²) in [6.45, 7) is 3.70. The van der Waals surface area contributed by atoms with Gasteiger partial charge in [0, 0.05) is 7.11 Å². The summed E-state index contributed by atoms with van der Waals surface area (Å²) in [6, 6.07) is 7.52. The van der Waals surface area contributed by atoms with Gasteiger partial charge in [-0.25, -0.2) is 4.79 Å². The van der Waals surface area contributed by atoms with Gasteiger partial charge >= 0.3 is 5.97 Å². The van der Waals surface area contributed by atoms with Crippen molar-refractivity contribution in [2.75, 3.05) is 20.3 Å². The Bertz CT molecular complexity index is 489. The molecule has 1 aromatic carbocycles. The Labute approximate surface area is 113 Å². The third kappa shape index (κ3) is 4.67. The minimum Gasteiger partial charge on any atom is -0.460 e. The number of esters is 1. The molecule has 0 atom stereocenters. The fraction of sp³-hybridized carbons (Fsp3) is 0.333. The van der Waals surface area contributed by atoms with E-state index in [-0.39, 0.29) is 18.0 Å². The summed E-state index contributed by atoms with van der Waals surface area (Å²) >= 11 is 0. The number of rotatable bonds is 6. The third-order valence-corrected chi connectivity index (χ3v) is 2.61. The standard InChI is InChI=1S/C15H18O4/c1-11-6-4-5-7-13(11)10-14(12(2)16)15(17)19-9-8-18-3/h4-7,10H,8-9H2,1-3H3. The molecule has 4 nitrogen and oxygen atoms in total. The normalized spacial score (nSPS) is 11.2. The number of aryl methyl sites for hydroxylation is 1. The summed E-state index contributed by atoms with van der Waals surface area (Å²) in [5.74, 6) is -0.932. The van der Waals surface area contributed by atoms with E-state index in [1.54, 1.807) is 6.08 Å². The van der Waals surface area contributed by atoms with Gasteiger partial charge in [-0.1, -0.05) is 24.3 Å². The van der Waals surface area contributed by atoms with Crippen LogP contribution in [0, 0.1) is 6.92 Å². The van der Waals surface area contributed by atoms with E-state index in [2.05, 4.69) is 0 Å². The van der Waals surface area contributed by atoms with Crippen LogP contribution in [0.4, 0.5) is 0 Å². The predicted octanol–water partition coefficient (Wildman–Crippen LogP) is 2.16. The molecule has 4 heteroatoms. The lowest BCUT2D eigenvalue weighted by molar-refractivity contribution is -0.141. The fourth-order valence-electron chi connectivity index (χ4n) is 1.50. The van der Waals surface area contributed by atoms with Gasteiger partial charge in [0.1, 0.15) is 12.2 Å². The zero-order valence-corrected chi connectivity index (χ0v) is 11.4. The zero-order chi connectivity index (χ0) is 14.3. The van der Waals surface area contributed by atoms with Crippen LogP contribution in [0.1, 0.15) is 18.1 Å². The van der Waals surface area contributed by atoms with Gasteiger partial charge in [0.05, 0.1) is 6.61 Å². The van der Waals surface area contributed by atoms with E-state index in [1.807, 2.05) is 31.2 Å². The first-order valence-corrected chi connectivity index (χ1v) is 6.00. The highest BCUT2D eigenvalue weighted by atomic mass is 16.6. The van der Waals surface area contributed by atoms with Crippen molar-refractivity contribution in [1.29, 1.82) is 0 Å². The van der Waals surface area contributed by atoms with Crippen LogP contribution < -0.4 is 0 Å². The maximum absolute atomic E-state index is 11.8. The van der Waals surface area contributed by atoms with Crippen molar-refractivity contribution < 1.29 is 19.1 Å². The second kappa shape index (κ2) is 7.48. The number of Topliss-reactive ketones (excluding diaryl/α,β-unsaturated/α-hetero) is 1. The number of hydrogen-bond acceptors (Lipinski definition) is 4. The van der Waals surface area contributed by atoms with E-state index < -0.39 is 5.97 Å². The van der Waals surface area contributed by atoms with Crippen LogP contribution in [-0.4, -0.2) is 32.1 Å². The highest BCUT2D eigenvalue weighted by Gasteiger charge is 2.16. The number of carbonyl (C=O) groups is 2. The van der Waals surface area contributed by atoms with Gasteiger partial charge in [-0.15, -0.1) is 0 Å². The van der Waals surface area contributed by atoms with Crippen molar-refractivity contribution in [3.63, 3.8) is 0 Å². The zero-order valence-electron chi connectivity index (χ0n) is 11.4. The Kier molecular flexibility index (Phi) is 5.96. The van der Waals surface area contributed by atoms with E-state index in [0.29, 0.717) is 6.61 Å². The molecule has 0 radical (unpaired) electrons. The minimum atomic E-state index is -0.618. The largest absolute Gasteiger partial charge is 0.460 e. The smallest absolute Gasteiger partial charge is 0.341 e. The average molecular weight is 262 g/mol. The van der Waals surface area contributed by atoms with E-state index >= 15 is 0 Å². The van der Waals surface area contributed by atoms with Gasteiger partial charge in [-0.2, -0.15) is 0 Å². The van der Waals surface area contributed by atoms with E-state index in [1.165, 1.54) is 14.0 Å². The van der Waals surface area contributed by atoms with Crippen molar-refractivity contribution in [3.05, 3.63) is 41.0 Å². The summed E-state index contributed by atoms with van der Waals surface area (Å²) in [5, 5.41) is 0. The van der Waals surface area contributed by atoms with Crippen molar-refractivity contribution >= 4 is 17.8 Å². The van der Waals surface area contributed by atoms with E-state index in [9.17, 15) is 9.59 Å². The molecule has 0 fully saturated rings. The third-order valence-electron chi connectivity index (χ3n) is 2.61. The fourth-order valence-corrected chi connectivity index (χ4v) is 1.50. The molecule has 0 saturated carbocycles. The van der Waals surface area contributed by atoms with Crippen molar-refractivity contribution in [1.82, 2.24) is 0 Å². The molecule has 1 aromatic rings. The van der Waals surface area contributed by atoms with Crippen LogP contribution in [0.5, 0.6) is 0 Å². The molecule has 0 bridgehead atoms. The summed E-state index contributed by atoms with van der Waals surface area (Å²) in [7, 11) is 1.52. The monoisotopic (exact) mass is 262 g/mol. The topological polar surface area (TPSA) is 52.6 Å². The van der Waals surface area contributed by atoms with Crippen LogP contribution in [0.3, 0.4) is 0 Å². The highest BCUT2D eigenvalue weighted by molar-refractivity contribution is 6.19. The Balaban J connectivity index is 2.92. The van der Waals surface area contributed by atoms with Gasteiger partial charge in [0.25, 0.3) is 0 Å². The highest BCUT2D eigenvalue weighted by Crippen LogP contribution is 2.13. The maximum atomic E-state index is 11.8. The first-order chi connectivity index (χ1) is 9.06. The first-order valence-electron chi connectivity index (χ1n) is 6.00. The Morgan fingerprint density at radius 2 is 1.89 bits per heavy atom. The number of methoxy groups -OCH3 is 1. The number of ketones is 1. The molecule has 19 heavy (non-hydrogen) atoms. The molecule has 0 aliphatic carbocycles. The molecule has 0 saturated heterocycles. The average Bonchev–Trinajstić information content (AvgIpc) is 2.37. The lowest BCUT2D eigenvalue weighted by atomic mass is 10.0. The van der Waals surface area contributed by atoms with Gasteiger partial charge in [-0.05, 0) is 31.1 Å². The number of benzene rings is 1. The van der Waals surface area contributed by atoms with Gasteiger partial charge in [0.2, 0.25) is 0 Å². The lowest BCUT2D eigenvalue weighted by Gasteiger charge is -2.06. The van der Waals surface area contributed by atoms with Gasteiger partial charge < -0.3 is 9.47 Å². The van der Waals surface area contributed by atoms with Crippen LogP contribution in [0.15, 0.2) is 29.8 Å². The van der Waals surface area contributed by atoms with Gasteiger partial charge in [-0.3, -0.25) is 4.79 Å². The molecule has 0 N–H and O–H groups in total. The molecule has 1 rings (SSSR count). The molecule has 0 heterocycles. The molecule has 102 valence electrons. The van der Waals surface area contributed by atoms with Crippen LogP contribution in [0.25, 0.3) is 6.08 Å². The van der Waals surface area contributed by atoms with Gasteiger partial charge in [0.15, 0.2) is 5.78 Å². The molecular formula is C15H18O4. The second-order valence-corrected chi connectivity index (χ2v) is 4.10. The Hall–Kier alpha value is -1.94. The number of carbonyl (C=O) groups excluding carboxylic acids is 2. The molecule has 0 aliphatic heterocycles. The van der Waals surface area contributed by atoms with Crippen LogP contribution >= 0.6 is 0 Å². The Morgan fingerprint density at radius 1 is 1.21 bits per heavy atom. The van der Waals surface area contributed by atoms with Crippen molar-refractivity contribution in [3.8, 4) is 0 Å².